The molecule has 0 spiro atoms. The van der Waals surface area contributed by atoms with Crippen molar-refractivity contribution in [1.29, 1.82) is 0 Å². The maximum absolute atomic E-state index is 12.6. The Hall–Kier alpha value is -2.54. The fraction of sp³-hybridized carbons (Fsp3) is 0.474. The molecule has 4 heterocycles. The average Bonchev–Trinajstić information content (AvgIpc) is 3.07. The second-order valence-electron chi connectivity index (χ2n) is 7.17. The van der Waals surface area contributed by atoms with Crippen molar-refractivity contribution in [3.8, 4) is 0 Å². The van der Waals surface area contributed by atoms with Gasteiger partial charge in [0.25, 0.3) is 5.56 Å². The average molecular weight is 351 g/mol. The standard InChI is InChI=1S/C19H21N5O2/c25-19-15-11-21-24(12-6-9-26-10-7-12)18(15)22-17(23-19)14-5-4-13(14)16-3-1-2-8-20-16/h1-3,8,11-14H,4-7,9-10H2,(H,22,23,25). The number of fused-ring (bicyclic) bond motifs is 1. The molecule has 1 aliphatic heterocycles. The maximum atomic E-state index is 12.6. The number of H-pyrrole nitrogens is 1. The van der Waals surface area contributed by atoms with Gasteiger partial charge in [0.15, 0.2) is 5.65 Å². The Balaban J connectivity index is 1.53. The van der Waals surface area contributed by atoms with Crippen LogP contribution in [0.5, 0.6) is 0 Å². The highest BCUT2D eigenvalue weighted by Crippen LogP contribution is 2.47. The van der Waals surface area contributed by atoms with Crippen LogP contribution < -0.4 is 5.56 Å². The van der Waals surface area contributed by atoms with Gasteiger partial charge in [-0.1, -0.05) is 6.07 Å². The van der Waals surface area contributed by atoms with E-state index in [1.807, 2.05) is 23.0 Å². The first kappa shape index (κ1) is 15.7. The fourth-order valence-electron chi connectivity index (χ4n) is 4.10. The lowest BCUT2D eigenvalue weighted by Gasteiger charge is -2.35. The smallest absolute Gasteiger partial charge is 0.262 e. The summed E-state index contributed by atoms with van der Waals surface area (Å²) in [5, 5.41) is 5.03. The third-order valence-corrected chi connectivity index (χ3v) is 5.71. The minimum Gasteiger partial charge on any atom is -0.381 e. The monoisotopic (exact) mass is 351 g/mol. The van der Waals surface area contributed by atoms with Gasteiger partial charge in [-0.3, -0.25) is 9.78 Å². The number of nitrogens with zero attached hydrogens (tertiary/aromatic N) is 4. The summed E-state index contributed by atoms with van der Waals surface area (Å²) in [6.07, 6.45) is 7.35. The molecule has 7 heteroatoms. The summed E-state index contributed by atoms with van der Waals surface area (Å²) in [4.78, 5) is 24.9. The molecule has 1 N–H and O–H groups in total. The van der Waals surface area contributed by atoms with Crippen molar-refractivity contribution in [3.63, 3.8) is 0 Å². The number of nitrogens with one attached hydrogen (secondary N) is 1. The molecule has 1 saturated heterocycles. The topological polar surface area (TPSA) is 85.7 Å². The van der Waals surface area contributed by atoms with E-state index in [1.165, 1.54) is 0 Å². The molecule has 2 atom stereocenters. The summed E-state index contributed by atoms with van der Waals surface area (Å²) in [6, 6.07) is 6.24. The molecule has 26 heavy (non-hydrogen) atoms. The van der Waals surface area contributed by atoms with Crippen LogP contribution in [0.3, 0.4) is 0 Å². The summed E-state index contributed by atoms with van der Waals surface area (Å²) in [6.45, 7) is 1.46. The van der Waals surface area contributed by atoms with Crippen LogP contribution in [0, 0.1) is 0 Å². The highest BCUT2D eigenvalue weighted by atomic mass is 16.5. The van der Waals surface area contributed by atoms with Gasteiger partial charge in [-0.05, 0) is 37.8 Å². The van der Waals surface area contributed by atoms with Crippen molar-refractivity contribution in [2.45, 2.75) is 43.6 Å². The molecular formula is C19H21N5O2. The normalized spacial score (nSPS) is 23.8. The third kappa shape index (κ3) is 2.54. The van der Waals surface area contributed by atoms with Crippen molar-refractivity contribution >= 4 is 11.0 Å². The Morgan fingerprint density at radius 2 is 1.96 bits per heavy atom. The largest absolute Gasteiger partial charge is 0.381 e. The van der Waals surface area contributed by atoms with E-state index in [4.69, 9.17) is 9.72 Å². The van der Waals surface area contributed by atoms with Gasteiger partial charge >= 0.3 is 0 Å². The molecule has 1 saturated carbocycles. The van der Waals surface area contributed by atoms with E-state index in [9.17, 15) is 4.79 Å². The molecule has 5 rings (SSSR count). The molecule has 1 aliphatic carbocycles. The van der Waals surface area contributed by atoms with Gasteiger partial charge < -0.3 is 9.72 Å². The summed E-state index contributed by atoms with van der Waals surface area (Å²) in [7, 11) is 0. The van der Waals surface area contributed by atoms with Gasteiger partial charge in [-0.25, -0.2) is 9.67 Å². The van der Waals surface area contributed by atoms with Gasteiger partial charge in [0, 0.05) is 36.9 Å². The predicted molar refractivity (Wildman–Crippen MR) is 96.2 cm³/mol. The van der Waals surface area contributed by atoms with Crippen LogP contribution in [0.2, 0.25) is 0 Å². The molecule has 3 aromatic heterocycles. The molecule has 0 amide bonds. The molecule has 0 bridgehead atoms. The Morgan fingerprint density at radius 1 is 1.12 bits per heavy atom. The van der Waals surface area contributed by atoms with Crippen LogP contribution in [-0.2, 0) is 4.74 Å². The van der Waals surface area contributed by atoms with E-state index < -0.39 is 0 Å². The van der Waals surface area contributed by atoms with E-state index in [2.05, 4.69) is 21.1 Å². The predicted octanol–water partition coefficient (Wildman–Crippen LogP) is 2.53. The van der Waals surface area contributed by atoms with Crippen LogP contribution in [-0.4, -0.2) is 37.9 Å². The third-order valence-electron chi connectivity index (χ3n) is 5.71. The maximum Gasteiger partial charge on any atom is 0.262 e. The van der Waals surface area contributed by atoms with Gasteiger partial charge in [0.05, 0.1) is 12.2 Å². The second kappa shape index (κ2) is 6.32. The van der Waals surface area contributed by atoms with Crippen LogP contribution in [0.1, 0.15) is 55.1 Å². The zero-order valence-corrected chi connectivity index (χ0v) is 14.5. The quantitative estimate of drug-likeness (QED) is 0.784. The zero-order valence-electron chi connectivity index (χ0n) is 14.5. The van der Waals surface area contributed by atoms with Gasteiger partial charge in [-0.15, -0.1) is 0 Å². The van der Waals surface area contributed by atoms with Gasteiger partial charge in [0.2, 0.25) is 0 Å². The van der Waals surface area contributed by atoms with Crippen molar-refractivity contribution < 1.29 is 4.74 Å². The second-order valence-corrected chi connectivity index (χ2v) is 7.17. The van der Waals surface area contributed by atoms with Crippen molar-refractivity contribution in [2.24, 2.45) is 0 Å². The molecule has 2 aliphatic rings. The van der Waals surface area contributed by atoms with E-state index in [1.54, 1.807) is 6.20 Å². The molecule has 0 radical (unpaired) electrons. The first-order valence-electron chi connectivity index (χ1n) is 9.27. The lowest BCUT2D eigenvalue weighted by molar-refractivity contribution is 0.0673. The Bertz CT molecular complexity index is 975. The van der Waals surface area contributed by atoms with Crippen LogP contribution in [0.4, 0.5) is 0 Å². The fourth-order valence-corrected chi connectivity index (χ4v) is 4.10. The molecule has 0 aromatic carbocycles. The summed E-state index contributed by atoms with van der Waals surface area (Å²) in [5.74, 6) is 1.29. The van der Waals surface area contributed by atoms with Gasteiger partial charge in [-0.2, -0.15) is 5.10 Å². The lowest BCUT2D eigenvalue weighted by atomic mass is 9.71. The highest BCUT2D eigenvalue weighted by Gasteiger charge is 2.36. The van der Waals surface area contributed by atoms with Crippen LogP contribution >= 0.6 is 0 Å². The number of ether oxygens (including phenoxy) is 1. The molecule has 3 aromatic rings. The number of hydrogen-bond donors (Lipinski definition) is 1. The number of aromatic amines is 1. The minimum absolute atomic E-state index is 0.102. The summed E-state index contributed by atoms with van der Waals surface area (Å²) >= 11 is 0. The molecular weight excluding hydrogens is 330 g/mol. The van der Waals surface area contributed by atoms with Crippen molar-refractivity contribution in [3.05, 3.63) is 52.5 Å². The first-order valence-corrected chi connectivity index (χ1v) is 9.27. The SMILES string of the molecule is O=c1[nH]c(C2CCC2c2ccccn2)nc2c1cnn2C1CCOCC1. The minimum atomic E-state index is -0.102. The number of rotatable bonds is 3. The first-order chi connectivity index (χ1) is 12.8. The number of hydrogen-bond acceptors (Lipinski definition) is 5. The summed E-state index contributed by atoms with van der Waals surface area (Å²) < 4.78 is 7.37. The van der Waals surface area contributed by atoms with Crippen molar-refractivity contribution in [2.75, 3.05) is 13.2 Å². The molecule has 2 unspecified atom stereocenters. The molecule has 2 fully saturated rings. The van der Waals surface area contributed by atoms with E-state index in [-0.39, 0.29) is 17.5 Å². The lowest BCUT2D eigenvalue weighted by Crippen LogP contribution is -2.27. The van der Waals surface area contributed by atoms with Crippen LogP contribution in [0.25, 0.3) is 11.0 Å². The van der Waals surface area contributed by atoms with E-state index in [0.717, 1.165) is 50.4 Å². The Kier molecular flexibility index (Phi) is 3.81. The van der Waals surface area contributed by atoms with E-state index in [0.29, 0.717) is 17.0 Å². The number of pyridine rings is 1. The number of aromatic nitrogens is 5. The Morgan fingerprint density at radius 3 is 2.69 bits per heavy atom. The Labute approximate surface area is 150 Å². The zero-order chi connectivity index (χ0) is 17.5. The molecule has 7 nitrogen and oxygen atoms in total. The van der Waals surface area contributed by atoms with Crippen LogP contribution in [0.15, 0.2) is 35.4 Å². The molecule has 134 valence electrons. The summed E-state index contributed by atoms with van der Waals surface area (Å²) in [5.41, 5.74) is 1.67. The van der Waals surface area contributed by atoms with Gasteiger partial charge in [0.1, 0.15) is 11.2 Å². The van der Waals surface area contributed by atoms with E-state index >= 15 is 0 Å². The highest BCUT2D eigenvalue weighted by molar-refractivity contribution is 5.73. The van der Waals surface area contributed by atoms with Crippen molar-refractivity contribution in [1.82, 2.24) is 24.7 Å².